The summed E-state index contributed by atoms with van der Waals surface area (Å²) in [7, 11) is -2.08. The molecular weight excluding hydrogens is 510 g/mol. The summed E-state index contributed by atoms with van der Waals surface area (Å²) in [4.78, 5) is 21.6. The Hall–Kier alpha value is -3.17. The third-order valence-electron chi connectivity index (χ3n) is 6.29. The second-order valence-electron chi connectivity index (χ2n) is 8.86. The van der Waals surface area contributed by atoms with Gasteiger partial charge in [0.25, 0.3) is 6.43 Å². The highest BCUT2D eigenvalue weighted by Gasteiger charge is 2.31. The van der Waals surface area contributed by atoms with Gasteiger partial charge in [-0.2, -0.15) is 19.7 Å². The molecule has 0 aliphatic carbocycles. The number of piperidine rings is 1. The molecule has 4 heterocycles. The van der Waals surface area contributed by atoms with Crippen LogP contribution in [0, 0.1) is 0 Å². The Morgan fingerprint density at radius 3 is 2.49 bits per heavy atom. The van der Waals surface area contributed by atoms with Crippen molar-refractivity contribution < 1.29 is 26.7 Å². The van der Waals surface area contributed by atoms with E-state index < -0.39 is 28.4 Å². The smallest absolute Gasteiger partial charge is 0.296 e. The standard InChI is InChI=1S/C22H28F2N8O4S/c1-35-15-7-5-6-14-17(15)25-19(18(23)24)32(14)22-27-20(30-10-12-36-13-11-30)26-21(28-22)31-9-4-3-8-16(31)29-37(2,33)34/h5-7,16,18,29H,3-4,8-13H2,1-2H3. The van der Waals surface area contributed by atoms with Crippen molar-refractivity contribution >= 4 is 33.0 Å². The van der Waals surface area contributed by atoms with Gasteiger partial charge in [0, 0.05) is 19.6 Å². The van der Waals surface area contributed by atoms with E-state index in [1.54, 1.807) is 23.1 Å². The maximum absolute atomic E-state index is 14.2. The molecule has 200 valence electrons. The van der Waals surface area contributed by atoms with Crippen molar-refractivity contribution in [2.75, 3.05) is 56.0 Å². The summed E-state index contributed by atoms with van der Waals surface area (Å²) >= 11 is 0. The zero-order valence-electron chi connectivity index (χ0n) is 20.5. The van der Waals surface area contributed by atoms with Crippen LogP contribution in [0.15, 0.2) is 18.2 Å². The number of imidazole rings is 1. The number of rotatable bonds is 7. The maximum atomic E-state index is 14.2. The molecule has 1 atom stereocenters. The summed E-state index contributed by atoms with van der Waals surface area (Å²) in [5.74, 6) is 0.249. The second-order valence-corrected chi connectivity index (χ2v) is 10.6. The first-order valence-corrected chi connectivity index (χ1v) is 13.8. The van der Waals surface area contributed by atoms with Crippen molar-refractivity contribution in [1.82, 2.24) is 29.2 Å². The number of nitrogens with zero attached hydrogens (tertiary/aromatic N) is 7. The molecule has 1 aromatic carbocycles. The normalized spacial score (nSPS) is 19.1. The van der Waals surface area contributed by atoms with Gasteiger partial charge in [-0.1, -0.05) is 6.07 Å². The quantitative estimate of drug-likeness (QED) is 0.476. The third kappa shape index (κ3) is 5.29. The fourth-order valence-corrected chi connectivity index (χ4v) is 5.37. The number of methoxy groups -OCH3 is 1. The van der Waals surface area contributed by atoms with Crippen LogP contribution in [-0.2, 0) is 14.8 Å². The van der Waals surface area contributed by atoms with Gasteiger partial charge in [-0.15, -0.1) is 0 Å². The lowest BCUT2D eigenvalue weighted by atomic mass is 10.1. The number of morpholine rings is 1. The summed E-state index contributed by atoms with van der Waals surface area (Å²) in [6.45, 7) is 2.43. The van der Waals surface area contributed by atoms with Crippen molar-refractivity contribution in [3.63, 3.8) is 0 Å². The van der Waals surface area contributed by atoms with Gasteiger partial charge in [0.05, 0.1) is 38.3 Å². The van der Waals surface area contributed by atoms with Crippen molar-refractivity contribution in [3.05, 3.63) is 24.0 Å². The zero-order chi connectivity index (χ0) is 26.2. The Labute approximate surface area is 212 Å². The van der Waals surface area contributed by atoms with Crippen LogP contribution in [0.2, 0.25) is 0 Å². The second kappa shape index (κ2) is 10.3. The molecule has 12 nitrogen and oxygen atoms in total. The van der Waals surface area contributed by atoms with Crippen LogP contribution in [0.5, 0.6) is 5.75 Å². The van der Waals surface area contributed by atoms with E-state index in [2.05, 4.69) is 24.7 Å². The highest BCUT2D eigenvalue weighted by molar-refractivity contribution is 7.88. The van der Waals surface area contributed by atoms with Crippen molar-refractivity contribution in [1.29, 1.82) is 0 Å². The lowest BCUT2D eigenvalue weighted by Gasteiger charge is -2.36. The Morgan fingerprint density at radius 1 is 1.05 bits per heavy atom. The summed E-state index contributed by atoms with van der Waals surface area (Å²) < 4.78 is 67.2. The molecular formula is C22H28F2N8O4S. The molecule has 0 bridgehead atoms. The van der Waals surface area contributed by atoms with E-state index in [4.69, 9.17) is 9.47 Å². The number of fused-ring (bicyclic) bond motifs is 1. The van der Waals surface area contributed by atoms with Crippen LogP contribution >= 0.6 is 0 Å². The number of sulfonamides is 1. The van der Waals surface area contributed by atoms with E-state index in [0.29, 0.717) is 50.5 Å². The molecule has 2 aromatic heterocycles. The number of anilines is 2. The number of benzene rings is 1. The summed E-state index contributed by atoms with van der Waals surface area (Å²) in [5.41, 5.74) is 0.606. The maximum Gasteiger partial charge on any atom is 0.296 e. The Kier molecular flexibility index (Phi) is 7.09. The van der Waals surface area contributed by atoms with Crippen LogP contribution in [0.1, 0.15) is 31.5 Å². The molecule has 0 saturated carbocycles. The number of hydrogen-bond acceptors (Lipinski definition) is 10. The average molecular weight is 539 g/mol. The monoisotopic (exact) mass is 538 g/mol. The van der Waals surface area contributed by atoms with Gasteiger partial charge >= 0.3 is 0 Å². The fraction of sp³-hybridized carbons (Fsp3) is 0.545. The van der Waals surface area contributed by atoms with Gasteiger partial charge in [-0.05, 0) is 31.4 Å². The minimum atomic E-state index is -3.52. The van der Waals surface area contributed by atoms with E-state index in [9.17, 15) is 17.2 Å². The minimum absolute atomic E-state index is 0.0405. The molecule has 2 aliphatic rings. The topological polar surface area (TPSA) is 128 Å². The molecule has 0 amide bonds. The lowest BCUT2D eigenvalue weighted by molar-refractivity contribution is 0.122. The van der Waals surface area contributed by atoms with E-state index in [1.807, 2.05) is 4.90 Å². The SMILES string of the molecule is COc1cccc2c1nc(C(F)F)n2-c1nc(N2CCOCC2)nc(N2CCCCC2NS(C)(=O)=O)n1. The molecule has 1 N–H and O–H groups in total. The highest BCUT2D eigenvalue weighted by Crippen LogP contribution is 2.33. The number of halogens is 2. The van der Waals surface area contributed by atoms with Crippen LogP contribution < -0.4 is 19.3 Å². The average Bonchev–Trinajstić information content (AvgIpc) is 3.29. The highest BCUT2D eigenvalue weighted by atomic mass is 32.2. The van der Waals surface area contributed by atoms with Crippen molar-refractivity contribution in [2.45, 2.75) is 31.9 Å². The van der Waals surface area contributed by atoms with Gasteiger partial charge in [-0.25, -0.2) is 22.2 Å². The van der Waals surface area contributed by atoms with Crippen LogP contribution in [-0.4, -0.2) is 85.3 Å². The van der Waals surface area contributed by atoms with Gasteiger partial charge in [0.2, 0.25) is 27.9 Å². The van der Waals surface area contributed by atoms with E-state index in [0.717, 1.165) is 19.1 Å². The fourth-order valence-electron chi connectivity index (χ4n) is 4.63. The molecule has 2 saturated heterocycles. The number of nitrogens with one attached hydrogen (secondary N) is 1. The molecule has 2 fully saturated rings. The van der Waals surface area contributed by atoms with Crippen LogP contribution in [0.3, 0.4) is 0 Å². The van der Waals surface area contributed by atoms with E-state index in [-0.39, 0.29) is 23.4 Å². The first kappa shape index (κ1) is 25.5. The molecule has 2 aliphatic heterocycles. The minimum Gasteiger partial charge on any atom is -0.494 e. The third-order valence-corrected chi connectivity index (χ3v) is 6.99. The molecule has 0 spiro atoms. The van der Waals surface area contributed by atoms with E-state index >= 15 is 0 Å². The Bertz CT molecular complexity index is 1380. The molecule has 5 rings (SSSR count). The number of alkyl halides is 2. The predicted octanol–water partition coefficient (Wildman–Crippen LogP) is 1.86. The van der Waals surface area contributed by atoms with Gasteiger partial charge in [0.1, 0.15) is 11.3 Å². The van der Waals surface area contributed by atoms with Gasteiger partial charge in [0.15, 0.2) is 5.82 Å². The first-order chi connectivity index (χ1) is 17.7. The first-order valence-electron chi connectivity index (χ1n) is 11.9. The molecule has 0 radical (unpaired) electrons. The molecule has 15 heteroatoms. The molecule has 3 aromatic rings. The summed E-state index contributed by atoms with van der Waals surface area (Å²) in [5, 5.41) is 0. The molecule has 1 unspecified atom stereocenters. The summed E-state index contributed by atoms with van der Waals surface area (Å²) in [6, 6.07) is 4.96. The van der Waals surface area contributed by atoms with Gasteiger partial charge < -0.3 is 19.3 Å². The van der Waals surface area contributed by atoms with Crippen LogP contribution in [0.25, 0.3) is 17.0 Å². The van der Waals surface area contributed by atoms with Crippen molar-refractivity contribution in [3.8, 4) is 11.7 Å². The lowest BCUT2D eigenvalue weighted by Crippen LogP contribution is -2.51. The summed E-state index contributed by atoms with van der Waals surface area (Å²) in [6.07, 6.45) is -0.237. The number of para-hydroxylation sites is 1. The number of aromatic nitrogens is 5. The number of hydrogen-bond donors (Lipinski definition) is 1. The van der Waals surface area contributed by atoms with Crippen LogP contribution in [0.4, 0.5) is 20.7 Å². The van der Waals surface area contributed by atoms with E-state index in [1.165, 1.54) is 11.7 Å². The number of ether oxygens (including phenoxy) is 2. The van der Waals surface area contributed by atoms with Gasteiger partial charge in [-0.3, -0.25) is 4.57 Å². The Morgan fingerprint density at radius 2 is 1.78 bits per heavy atom. The molecule has 37 heavy (non-hydrogen) atoms. The predicted molar refractivity (Wildman–Crippen MR) is 132 cm³/mol. The largest absolute Gasteiger partial charge is 0.494 e. The Balaban J connectivity index is 1.70. The van der Waals surface area contributed by atoms with Crippen molar-refractivity contribution in [2.24, 2.45) is 0 Å². The zero-order valence-corrected chi connectivity index (χ0v) is 21.3.